The molecule has 1 N–H and O–H groups in total. The van der Waals surface area contributed by atoms with Crippen molar-refractivity contribution in [3.05, 3.63) is 23.8 Å². The lowest BCUT2D eigenvalue weighted by Crippen LogP contribution is -2.13. The van der Waals surface area contributed by atoms with Crippen LogP contribution < -0.4 is 5.32 Å². The van der Waals surface area contributed by atoms with E-state index in [0.717, 1.165) is 30.6 Å². The van der Waals surface area contributed by atoms with Gasteiger partial charge in [0, 0.05) is 24.0 Å². The van der Waals surface area contributed by atoms with Crippen LogP contribution >= 0.6 is 0 Å². The SMILES string of the molecule is Fc1nccc2c1CCCN2. The Bertz CT molecular complexity index is 273. The summed E-state index contributed by atoms with van der Waals surface area (Å²) in [6.07, 6.45) is 3.30. The van der Waals surface area contributed by atoms with Crippen LogP contribution in [-0.4, -0.2) is 11.5 Å². The minimum absolute atomic E-state index is 0.324. The lowest BCUT2D eigenvalue weighted by molar-refractivity contribution is 0.561. The number of hydrogen-bond donors (Lipinski definition) is 1. The summed E-state index contributed by atoms with van der Waals surface area (Å²) in [5.41, 5.74) is 1.64. The lowest BCUT2D eigenvalue weighted by Gasteiger charge is -2.16. The second kappa shape index (κ2) is 2.49. The molecule has 2 heterocycles. The number of nitrogens with zero attached hydrogens (tertiary/aromatic N) is 1. The molecule has 58 valence electrons. The Balaban J connectivity index is 2.49. The fraction of sp³-hybridized carbons (Fsp3) is 0.375. The van der Waals surface area contributed by atoms with Crippen LogP contribution in [0.15, 0.2) is 12.3 Å². The molecule has 2 rings (SSSR count). The van der Waals surface area contributed by atoms with Gasteiger partial charge >= 0.3 is 0 Å². The van der Waals surface area contributed by atoms with Crippen molar-refractivity contribution in [2.75, 3.05) is 11.9 Å². The van der Waals surface area contributed by atoms with E-state index in [9.17, 15) is 4.39 Å². The van der Waals surface area contributed by atoms with E-state index < -0.39 is 0 Å². The molecule has 1 aromatic heterocycles. The number of aromatic nitrogens is 1. The summed E-state index contributed by atoms with van der Waals surface area (Å²) >= 11 is 0. The molecule has 0 unspecified atom stereocenters. The smallest absolute Gasteiger partial charge is 0.218 e. The van der Waals surface area contributed by atoms with Gasteiger partial charge in [-0.3, -0.25) is 0 Å². The third-order valence-corrected chi connectivity index (χ3v) is 1.92. The third-order valence-electron chi connectivity index (χ3n) is 1.92. The number of hydrogen-bond acceptors (Lipinski definition) is 2. The van der Waals surface area contributed by atoms with Crippen LogP contribution in [0.1, 0.15) is 12.0 Å². The minimum atomic E-state index is -0.324. The summed E-state index contributed by atoms with van der Waals surface area (Å²) in [5.74, 6) is -0.324. The van der Waals surface area contributed by atoms with E-state index in [1.807, 2.05) is 6.07 Å². The summed E-state index contributed by atoms with van der Waals surface area (Å²) in [5, 5.41) is 3.12. The van der Waals surface area contributed by atoms with E-state index in [1.54, 1.807) is 0 Å². The molecule has 3 heteroatoms. The number of rotatable bonds is 0. The maximum atomic E-state index is 12.9. The molecule has 0 saturated carbocycles. The highest BCUT2D eigenvalue weighted by atomic mass is 19.1. The van der Waals surface area contributed by atoms with Crippen LogP contribution in [0.25, 0.3) is 0 Å². The number of fused-ring (bicyclic) bond motifs is 1. The Hall–Kier alpha value is -1.12. The highest BCUT2D eigenvalue weighted by Gasteiger charge is 2.12. The second-order valence-corrected chi connectivity index (χ2v) is 2.66. The normalized spacial score (nSPS) is 15.4. The van der Waals surface area contributed by atoms with Gasteiger partial charge < -0.3 is 5.32 Å². The van der Waals surface area contributed by atoms with E-state index in [4.69, 9.17) is 0 Å². The fourth-order valence-electron chi connectivity index (χ4n) is 1.36. The first-order valence-electron chi connectivity index (χ1n) is 3.75. The fourth-order valence-corrected chi connectivity index (χ4v) is 1.36. The van der Waals surface area contributed by atoms with Crippen molar-refractivity contribution in [3.8, 4) is 0 Å². The Morgan fingerprint density at radius 2 is 2.45 bits per heavy atom. The van der Waals surface area contributed by atoms with Gasteiger partial charge in [-0.25, -0.2) is 4.98 Å². The van der Waals surface area contributed by atoms with Crippen LogP contribution in [0.5, 0.6) is 0 Å². The molecule has 0 saturated heterocycles. The topological polar surface area (TPSA) is 24.9 Å². The maximum absolute atomic E-state index is 12.9. The summed E-state index contributed by atoms with van der Waals surface area (Å²) in [6, 6.07) is 1.82. The first kappa shape index (κ1) is 6.58. The van der Waals surface area contributed by atoms with Crippen molar-refractivity contribution in [3.63, 3.8) is 0 Å². The highest BCUT2D eigenvalue weighted by molar-refractivity contribution is 5.51. The molecule has 1 aromatic rings. The zero-order valence-electron chi connectivity index (χ0n) is 6.10. The van der Waals surface area contributed by atoms with Crippen molar-refractivity contribution in [2.24, 2.45) is 0 Å². The van der Waals surface area contributed by atoms with Crippen LogP contribution in [0.4, 0.5) is 10.1 Å². The van der Waals surface area contributed by atoms with Crippen molar-refractivity contribution in [1.82, 2.24) is 4.98 Å². The Morgan fingerprint density at radius 3 is 3.27 bits per heavy atom. The maximum Gasteiger partial charge on any atom is 0.218 e. The average molecular weight is 152 g/mol. The molecule has 0 amide bonds. The molecule has 2 nitrogen and oxygen atoms in total. The van der Waals surface area contributed by atoms with Crippen molar-refractivity contribution >= 4 is 5.69 Å². The highest BCUT2D eigenvalue weighted by Crippen LogP contribution is 2.21. The first-order chi connectivity index (χ1) is 5.38. The minimum Gasteiger partial charge on any atom is -0.385 e. The third kappa shape index (κ3) is 1.06. The van der Waals surface area contributed by atoms with Crippen LogP contribution in [0, 0.1) is 5.95 Å². The molecule has 0 aliphatic carbocycles. The van der Waals surface area contributed by atoms with Gasteiger partial charge in [0.15, 0.2) is 0 Å². The van der Waals surface area contributed by atoms with Gasteiger partial charge in [-0.1, -0.05) is 0 Å². The monoisotopic (exact) mass is 152 g/mol. The van der Waals surface area contributed by atoms with Gasteiger partial charge in [0.2, 0.25) is 5.95 Å². The Kier molecular flexibility index (Phi) is 1.49. The molecule has 1 aliphatic heterocycles. The van der Waals surface area contributed by atoms with E-state index in [0.29, 0.717) is 0 Å². The van der Waals surface area contributed by atoms with E-state index in [-0.39, 0.29) is 5.95 Å². The molecule has 0 bridgehead atoms. The molecular formula is C8H9FN2. The van der Waals surface area contributed by atoms with Crippen molar-refractivity contribution < 1.29 is 4.39 Å². The molecule has 1 aliphatic rings. The summed E-state index contributed by atoms with van der Waals surface area (Å²) in [4.78, 5) is 3.59. The van der Waals surface area contributed by atoms with Gasteiger partial charge in [0.05, 0.1) is 0 Å². The predicted octanol–water partition coefficient (Wildman–Crippen LogP) is 1.58. The molecule has 0 radical (unpaired) electrons. The van der Waals surface area contributed by atoms with Gasteiger partial charge in [-0.15, -0.1) is 0 Å². The number of pyridine rings is 1. The quantitative estimate of drug-likeness (QED) is 0.571. The van der Waals surface area contributed by atoms with Crippen molar-refractivity contribution in [2.45, 2.75) is 12.8 Å². The molecular weight excluding hydrogens is 143 g/mol. The van der Waals surface area contributed by atoms with E-state index >= 15 is 0 Å². The van der Waals surface area contributed by atoms with Crippen molar-refractivity contribution in [1.29, 1.82) is 0 Å². The Morgan fingerprint density at radius 1 is 1.55 bits per heavy atom. The molecule has 11 heavy (non-hydrogen) atoms. The van der Waals surface area contributed by atoms with Crippen LogP contribution in [0.3, 0.4) is 0 Å². The number of halogens is 1. The Labute approximate surface area is 64.5 Å². The van der Waals surface area contributed by atoms with Gasteiger partial charge in [0.25, 0.3) is 0 Å². The summed E-state index contributed by atoms with van der Waals surface area (Å²) < 4.78 is 12.9. The molecule has 0 atom stereocenters. The number of anilines is 1. The summed E-state index contributed by atoms with van der Waals surface area (Å²) in [7, 11) is 0. The molecule has 0 fully saturated rings. The largest absolute Gasteiger partial charge is 0.385 e. The predicted molar refractivity (Wildman–Crippen MR) is 41.0 cm³/mol. The standard InChI is InChI=1S/C8H9FN2/c9-8-6-2-1-4-10-7(6)3-5-11-8/h3,5,10H,1-2,4H2. The summed E-state index contributed by atoms with van der Waals surface area (Å²) in [6.45, 7) is 0.941. The molecule has 0 spiro atoms. The van der Waals surface area contributed by atoms with Crippen LogP contribution in [-0.2, 0) is 6.42 Å². The van der Waals surface area contributed by atoms with Gasteiger partial charge in [-0.2, -0.15) is 4.39 Å². The first-order valence-corrected chi connectivity index (χ1v) is 3.75. The van der Waals surface area contributed by atoms with Crippen LogP contribution in [0.2, 0.25) is 0 Å². The average Bonchev–Trinajstić information content (AvgIpc) is 2.06. The number of nitrogens with one attached hydrogen (secondary N) is 1. The molecule has 0 aromatic carbocycles. The second-order valence-electron chi connectivity index (χ2n) is 2.66. The van der Waals surface area contributed by atoms with Gasteiger partial charge in [-0.05, 0) is 18.9 Å². The lowest BCUT2D eigenvalue weighted by atomic mass is 10.1. The zero-order valence-corrected chi connectivity index (χ0v) is 6.10. The van der Waals surface area contributed by atoms with E-state index in [1.165, 1.54) is 6.20 Å². The zero-order chi connectivity index (χ0) is 7.68. The van der Waals surface area contributed by atoms with E-state index in [2.05, 4.69) is 10.3 Å². The van der Waals surface area contributed by atoms with Gasteiger partial charge in [0.1, 0.15) is 0 Å².